The van der Waals surface area contributed by atoms with Gasteiger partial charge >= 0.3 is 0 Å². The first kappa shape index (κ1) is 16.8. The number of methoxy groups -OCH3 is 2. The molecule has 0 atom stereocenters. The Morgan fingerprint density at radius 2 is 1.84 bits per heavy atom. The highest BCUT2D eigenvalue weighted by molar-refractivity contribution is 5.98. The van der Waals surface area contributed by atoms with Gasteiger partial charge in [-0.2, -0.15) is 0 Å². The number of aryl methyl sites for hydroxylation is 1. The normalized spacial score (nSPS) is 10.7. The molecule has 2 aromatic carbocycles. The van der Waals surface area contributed by atoms with E-state index in [1.165, 1.54) is 12.1 Å². The average molecular weight is 342 g/mol. The van der Waals surface area contributed by atoms with Gasteiger partial charge in [-0.3, -0.25) is 4.79 Å². The van der Waals surface area contributed by atoms with Gasteiger partial charge < -0.3 is 19.4 Å². The third kappa shape index (κ3) is 3.28. The van der Waals surface area contributed by atoms with Crippen LogP contribution in [0.5, 0.6) is 11.5 Å². The highest BCUT2D eigenvalue weighted by Gasteiger charge is 2.14. The van der Waals surface area contributed by atoms with Crippen LogP contribution in [0, 0.1) is 5.82 Å². The molecule has 0 aliphatic rings. The molecule has 0 bridgehead atoms. The van der Waals surface area contributed by atoms with Crippen molar-refractivity contribution in [2.45, 2.75) is 6.54 Å². The molecule has 3 aromatic rings. The van der Waals surface area contributed by atoms with Gasteiger partial charge in [0, 0.05) is 19.0 Å². The van der Waals surface area contributed by atoms with Crippen LogP contribution in [-0.2, 0) is 13.6 Å². The smallest absolute Gasteiger partial charge is 0.268 e. The summed E-state index contributed by atoms with van der Waals surface area (Å²) in [6.45, 7) is 0.342. The second-order valence-corrected chi connectivity index (χ2v) is 5.66. The van der Waals surface area contributed by atoms with Crippen molar-refractivity contribution in [3.63, 3.8) is 0 Å². The zero-order valence-corrected chi connectivity index (χ0v) is 14.3. The molecule has 1 aromatic heterocycles. The van der Waals surface area contributed by atoms with Gasteiger partial charge in [-0.15, -0.1) is 0 Å². The number of hydrogen-bond donors (Lipinski definition) is 1. The van der Waals surface area contributed by atoms with Gasteiger partial charge in [-0.25, -0.2) is 4.39 Å². The SMILES string of the molecule is COc1ccc(CNC(=O)c2cc3ccc(F)cc3n2C)cc1OC. The van der Waals surface area contributed by atoms with E-state index in [4.69, 9.17) is 9.47 Å². The molecule has 0 saturated carbocycles. The van der Waals surface area contributed by atoms with Crippen molar-refractivity contribution in [1.29, 1.82) is 0 Å². The van der Waals surface area contributed by atoms with E-state index in [0.29, 0.717) is 29.3 Å². The summed E-state index contributed by atoms with van der Waals surface area (Å²) in [5.41, 5.74) is 2.04. The molecule has 1 heterocycles. The molecule has 1 N–H and O–H groups in total. The fourth-order valence-corrected chi connectivity index (χ4v) is 2.78. The third-order valence-electron chi connectivity index (χ3n) is 4.14. The van der Waals surface area contributed by atoms with E-state index in [1.807, 2.05) is 12.1 Å². The Morgan fingerprint density at radius 1 is 1.08 bits per heavy atom. The number of aromatic nitrogens is 1. The van der Waals surface area contributed by atoms with Crippen LogP contribution in [-0.4, -0.2) is 24.7 Å². The number of rotatable bonds is 5. The van der Waals surface area contributed by atoms with E-state index in [0.717, 1.165) is 10.9 Å². The third-order valence-corrected chi connectivity index (χ3v) is 4.14. The van der Waals surface area contributed by atoms with Crippen molar-refractivity contribution < 1.29 is 18.7 Å². The van der Waals surface area contributed by atoms with Gasteiger partial charge in [0.2, 0.25) is 0 Å². The van der Waals surface area contributed by atoms with E-state index in [-0.39, 0.29) is 11.7 Å². The maximum Gasteiger partial charge on any atom is 0.268 e. The molecular weight excluding hydrogens is 323 g/mol. The molecule has 6 heteroatoms. The summed E-state index contributed by atoms with van der Waals surface area (Å²) in [4.78, 5) is 12.5. The minimum atomic E-state index is -0.328. The molecule has 1 amide bonds. The lowest BCUT2D eigenvalue weighted by Crippen LogP contribution is -2.24. The first-order valence-corrected chi connectivity index (χ1v) is 7.77. The van der Waals surface area contributed by atoms with Crippen molar-refractivity contribution >= 4 is 16.8 Å². The van der Waals surface area contributed by atoms with Crippen molar-refractivity contribution in [1.82, 2.24) is 9.88 Å². The Hall–Kier alpha value is -3.02. The van der Waals surface area contributed by atoms with E-state index in [2.05, 4.69) is 5.32 Å². The second-order valence-electron chi connectivity index (χ2n) is 5.66. The lowest BCUT2D eigenvalue weighted by atomic mass is 10.2. The van der Waals surface area contributed by atoms with E-state index in [1.54, 1.807) is 44.0 Å². The molecule has 0 unspecified atom stereocenters. The number of ether oxygens (including phenoxy) is 2. The largest absolute Gasteiger partial charge is 0.493 e. The number of carbonyl (C=O) groups excluding carboxylic acids is 1. The molecule has 130 valence electrons. The molecular formula is C19H19FN2O3. The van der Waals surface area contributed by atoms with E-state index < -0.39 is 0 Å². The van der Waals surface area contributed by atoms with Gasteiger partial charge in [0.1, 0.15) is 11.5 Å². The first-order valence-electron chi connectivity index (χ1n) is 7.77. The molecule has 0 spiro atoms. The average Bonchev–Trinajstić information content (AvgIpc) is 2.95. The van der Waals surface area contributed by atoms with Crippen LogP contribution in [0.4, 0.5) is 4.39 Å². The number of fused-ring (bicyclic) bond motifs is 1. The van der Waals surface area contributed by atoms with Crippen LogP contribution in [0.1, 0.15) is 16.1 Å². The zero-order valence-electron chi connectivity index (χ0n) is 14.3. The first-order chi connectivity index (χ1) is 12.0. The number of carbonyl (C=O) groups is 1. The monoisotopic (exact) mass is 342 g/mol. The topological polar surface area (TPSA) is 52.5 Å². The quantitative estimate of drug-likeness (QED) is 0.774. The minimum absolute atomic E-state index is 0.228. The minimum Gasteiger partial charge on any atom is -0.493 e. The van der Waals surface area contributed by atoms with Crippen molar-refractivity contribution in [3.05, 3.63) is 59.5 Å². The fourth-order valence-electron chi connectivity index (χ4n) is 2.78. The van der Waals surface area contributed by atoms with Gasteiger partial charge in [0.15, 0.2) is 11.5 Å². The summed E-state index contributed by atoms with van der Waals surface area (Å²) in [5, 5.41) is 3.69. The van der Waals surface area contributed by atoms with E-state index >= 15 is 0 Å². The predicted molar refractivity (Wildman–Crippen MR) is 93.6 cm³/mol. The van der Waals surface area contributed by atoms with Crippen molar-refractivity contribution in [3.8, 4) is 11.5 Å². The molecule has 0 saturated heterocycles. The fraction of sp³-hybridized carbons (Fsp3) is 0.211. The Bertz CT molecular complexity index is 934. The summed E-state index contributed by atoms with van der Waals surface area (Å²) in [5.74, 6) is 0.683. The summed E-state index contributed by atoms with van der Waals surface area (Å²) in [6, 6.07) is 11.7. The van der Waals surface area contributed by atoms with Crippen LogP contribution in [0.25, 0.3) is 10.9 Å². The van der Waals surface area contributed by atoms with E-state index in [9.17, 15) is 9.18 Å². The lowest BCUT2D eigenvalue weighted by Gasteiger charge is -2.10. The van der Waals surface area contributed by atoms with Gasteiger partial charge in [-0.1, -0.05) is 6.07 Å². The maximum absolute atomic E-state index is 13.4. The molecule has 0 fully saturated rings. The Kier molecular flexibility index (Phi) is 4.61. The van der Waals surface area contributed by atoms with Crippen LogP contribution in [0.15, 0.2) is 42.5 Å². The molecule has 25 heavy (non-hydrogen) atoms. The highest BCUT2D eigenvalue weighted by atomic mass is 19.1. The predicted octanol–water partition coefficient (Wildman–Crippen LogP) is 3.26. The molecule has 3 rings (SSSR count). The van der Waals surface area contributed by atoms with Crippen LogP contribution < -0.4 is 14.8 Å². The van der Waals surface area contributed by atoms with Crippen molar-refractivity contribution in [2.75, 3.05) is 14.2 Å². The second kappa shape index (κ2) is 6.84. The van der Waals surface area contributed by atoms with Gasteiger partial charge in [-0.05, 0) is 42.0 Å². The molecule has 0 aliphatic carbocycles. The lowest BCUT2D eigenvalue weighted by molar-refractivity contribution is 0.0943. The summed E-state index contributed by atoms with van der Waals surface area (Å²) < 4.78 is 25.5. The standard InChI is InChI=1S/C19H19FN2O3/c1-22-15-10-14(20)6-5-13(15)9-16(22)19(23)21-11-12-4-7-17(24-2)18(8-12)25-3/h4-10H,11H2,1-3H3,(H,21,23). The number of halogens is 1. The summed E-state index contributed by atoms with van der Waals surface area (Å²) in [7, 11) is 4.88. The molecule has 0 radical (unpaired) electrons. The Labute approximate surface area is 145 Å². The van der Waals surface area contributed by atoms with Gasteiger partial charge in [0.05, 0.1) is 19.7 Å². The summed E-state index contributed by atoms with van der Waals surface area (Å²) >= 11 is 0. The molecule has 0 aliphatic heterocycles. The number of hydrogen-bond acceptors (Lipinski definition) is 3. The van der Waals surface area contributed by atoms with Crippen LogP contribution in [0.2, 0.25) is 0 Å². The highest BCUT2D eigenvalue weighted by Crippen LogP contribution is 2.27. The zero-order chi connectivity index (χ0) is 18.0. The van der Waals surface area contributed by atoms with Crippen molar-refractivity contribution in [2.24, 2.45) is 7.05 Å². The Balaban J connectivity index is 1.78. The van der Waals surface area contributed by atoms with Crippen LogP contribution >= 0.6 is 0 Å². The number of benzene rings is 2. The maximum atomic E-state index is 13.4. The number of amides is 1. The van der Waals surface area contributed by atoms with Crippen LogP contribution in [0.3, 0.4) is 0 Å². The number of nitrogens with zero attached hydrogens (tertiary/aromatic N) is 1. The number of nitrogens with one attached hydrogen (secondary N) is 1. The summed E-state index contributed by atoms with van der Waals surface area (Å²) in [6.07, 6.45) is 0. The molecule has 5 nitrogen and oxygen atoms in total. The van der Waals surface area contributed by atoms with Gasteiger partial charge in [0.25, 0.3) is 5.91 Å². The Morgan fingerprint density at radius 3 is 2.56 bits per heavy atom.